The Kier molecular flexibility index (Phi) is 7.68. The summed E-state index contributed by atoms with van der Waals surface area (Å²) in [5.41, 5.74) is 0.979. The van der Waals surface area contributed by atoms with E-state index >= 15 is 0 Å². The van der Waals surface area contributed by atoms with E-state index in [1.807, 2.05) is 13.8 Å². The molecule has 0 unspecified atom stereocenters. The smallest absolute Gasteiger partial charge is 0.146 e. The molecule has 0 aliphatic heterocycles. The number of hydrogen-bond donors (Lipinski definition) is 2. The summed E-state index contributed by atoms with van der Waals surface area (Å²) in [6.45, 7) is 4.36. The zero-order valence-electron chi connectivity index (χ0n) is 14.8. The molecule has 132 valence electrons. The summed E-state index contributed by atoms with van der Waals surface area (Å²) >= 11 is 0. The number of halogens is 1. The van der Waals surface area contributed by atoms with Crippen LogP contribution in [0.3, 0.4) is 0 Å². The number of aliphatic hydroxyl groups is 1. The molecule has 0 aromatic carbocycles. The third-order valence-electron chi connectivity index (χ3n) is 4.78. The minimum atomic E-state index is -0.333. The molecule has 2 N–H and O–H groups in total. The van der Waals surface area contributed by atoms with Crippen molar-refractivity contribution in [3.8, 4) is 11.8 Å². The number of hydrogen-bond acceptors (Lipinski definition) is 3. The first-order valence-corrected chi connectivity index (χ1v) is 9.08. The van der Waals surface area contributed by atoms with Crippen LogP contribution in [0.25, 0.3) is 0 Å². The Labute approximate surface area is 145 Å². The highest BCUT2D eigenvalue weighted by molar-refractivity contribution is 5.29. The van der Waals surface area contributed by atoms with Gasteiger partial charge in [0.05, 0.1) is 12.3 Å². The normalized spacial score (nSPS) is 16.7. The number of aliphatic hydroxyl groups excluding tert-OH is 1. The summed E-state index contributed by atoms with van der Waals surface area (Å²) in [6, 6.07) is 3.00. The van der Waals surface area contributed by atoms with Crippen LogP contribution in [-0.2, 0) is 6.54 Å². The van der Waals surface area contributed by atoms with Crippen LogP contribution >= 0.6 is 0 Å². The van der Waals surface area contributed by atoms with E-state index in [1.165, 1.54) is 38.2 Å². The van der Waals surface area contributed by atoms with Crippen molar-refractivity contribution in [2.45, 2.75) is 65.0 Å². The monoisotopic (exact) mass is 332 g/mol. The van der Waals surface area contributed by atoms with Gasteiger partial charge < -0.3 is 10.4 Å². The van der Waals surface area contributed by atoms with Gasteiger partial charge in [-0.2, -0.15) is 0 Å². The van der Waals surface area contributed by atoms with Crippen LogP contribution in [0.1, 0.15) is 63.8 Å². The van der Waals surface area contributed by atoms with Crippen molar-refractivity contribution in [1.82, 2.24) is 10.3 Å². The topological polar surface area (TPSA) is 45.1 Å². The molecule has 24 heavy (non-hydrogen) atoms. The van der Waals surface area contributed by atoms with E-state index in [2.05, 4.69) is 22.1 Å². The Bertz CT molecular complexity index is 571. The van der Waals surface area contributed by atoms with Gasteiger partial charge in [0, 0.05) is 19.0 Å². The quantitative estimate of drug-likeness (QED) is 0.782. The third-order valence-corrected chi connectivity index (χ3v) is 4.78. The van der Waals surface area contributed by atoms with Gasteiger partial charge in [0.1, 0.15) is 11.5 Å². The van der Waals surface area contributed by atoms with Crippen LogP contribution in [0.2, 0.25) is 0 Å². The van der Waals surface area contributed by atoms with Crippen LogP contribution in [0, 0.1) is 29.5 Å². The molecule has 1 aliphatic rings. The molecule has 1 aliphatic carbocycles. The first kappa shape index (κ1) is 18.9. The van der Waals surface area contributed by atoms with Crippen molar-refractivity contribution in [3.05, 3.63) is 29.3 Å². The maximum absolute atomic E-state index is 13.9. The summed E-state index contributed by atoms with van der Waals surface area (Å²) in [5.74, 6) is 6.95. The van der Waals surface area contributed by atoms with E-state index in [0.29, 0.717) is 23.9 Å². The van der Waals surface area contributed by atoms with E-state index < -0.39 is 0 Å². The van der Waals surface area contributed by atoms with Gasteiger partial charge in [-0.25, -0.2) is 9.37 Å². The van der Waals surface area contributed by atoms with Gasteiger partial charge in [-0.1, -0.05) is 39.0 Å². The number of aromatic nitrogens is 1. The first-order chi connectivity index (χ1) is 11.6. The Balaban J connectivity index is 1.95. The van der Waals surface area contributed by atoms with E-state index in [9.17, 15) is 9.50 Å². The molecule has 2 rings (SSSR count). The molecule has 0 radical (unpaired) electrons. The van der Waals surface area contributed by atoms with Crippen molar-refractivity contribution >= 4 is 0 Å². The van der Waals surface area contributed by atoms with Crippen LogP contribution in [0.4, 0.5) is 4.39 Å². The predicted molar refractivity (Wildman–Crippen MR) is 94.8 cm³/mol. The van der Waals surface area contributed by atoms with E-state index in [1.54, 1.807) is 6.07 Å². The van der Waals surface area contributed by atoms with Gasteiger partial charge in [-0.05, 0) is 42.7 Å². The largest absolute Gasteiger partial charge is 0.395 e. The van der Waals surface area contributed by atoms with Gasteiger partial charge in [0.15, 0.2) is 0 Å². The molecule has 0 saturated heterocycles. The molecule has 0 spiro atoms. The lowest BCUT2D eigenvalue weighted by Crippen LogP contribution is -2.37. The lowest BCUT2D eigenvalue weighted by Gasteiger charge is -2.19. The fraction of sp³-hybridized carbons (Fsp3) is 0.650. The second-order valence-electron chi connectivity index (χ2n) is 7.05. The summed E-state index contributed by atoms with van der Waals surface area (Å²) < 4.78 is 13.9. The molecule has 1 heterocycles. The van der Waals surface area contributed by atoms with Gasteiger partial charge in [-0.15, -0.1) is 0 Å². The van der Waals surface area contributed by atoms with E-state index in [-0.39, 0.29) is 24.4 Å². The van der Waals surface area contributed by atoms with Crippen LogP contribution in [0.15, 0.2) is 12.1 Å². The molecule has 1 aromatic heterocycles. The van der Waals surface area contributed by atoms with Crippen molar-refractivity contribution in [2.75, 3.05) is 6.61 Å². The third kappa shape index (κ3) is 5.89. The molecule has 1 atom stereocenters. The average Bonchev–Trinajstić information content (AvgIpc) is 2.58. The average molecular weight is 332 g/mol. The number of nitrogens with one attached hydrogen (secondary N) is 1. The minimum absolute atomic E-state index is 0.0279. The first-order valence-electron chi connectivity index (χ1n) is 9.08. The zero-order chi connectivity index (χ0) is 17.4. The summed E-state index contributed by atoms with van der Waals surface area (Å²) in [7, 11) is 0. The molecule has 0 bridgehead atoms. The Morgan fingerprint density at radius 2 is 2.04 bits per heavy atom. The summed E-state index contributed by atoms with van der Waals surface area (Å²) in [4.78, 5) is 4.33. The Morgan fingerprint density at radius 3 is 2.71 bits per heavy atom. The Hall–Kier alpha value is -1.44. The van der Waals surface area contributed by atoms with Crippen molar-refractivity contribution in [1.29, 1.82) is 0 Å². The van der Waals surface area contributed by atoms with Crippen LogP contribution < -0.4 is 5.32 Å². The lowest BCUT2D eigenvalue weighted by atomic mass is 9.87. The maximum Gasteiger partial charge on any atom is 0.146 e. The fourth-order valence-corrected chi connectivity index (χ4v) is 3.09. The Morgan fingerprint density at radius 1 is 1.29 bits per heavy atom. The van der Waals surface area contributed by atoms with Crippen molar-refractivity contribution < 1.29 is 9.50 Å². The molecular formula is C20H29FN2O. The molecular weight excluding hydrogens is 303 g/mol. The predicted octanol–water partition coefficient (Wildman–Crippen LogP) is 3.65. The second-order valence-corrected chi connectivity index (χ2v) is 7.05. The molecule has 3 nitrogen and oxygen atoms in total. The zero-order valence-corrected chi connectivity index (χ0v) is 14.8. The number of nitrogens with zero attached hydrogens (tertiary/aromatic N) is 1. The highest BCUT2D eigenvalue weighted by Gasteiger charge is 2.14. The molecule has 4 heteroatoms. The molecule has 1 saturated carbocycles. The van der Waals surface area contributed by atoms with Crippen LogP contribution in [-0.4, -0.2) is 22.7 Å². The fourth-order valence-electron chi connectivity index (χ4n) is 3.09. The summed E-state index contributed by atoms with van der Waals surface area (Å²) in [5, 5.41) is 12.5. The number of rotatable bonds is 6. The highest BCUT2D eigenvalue weighted by atomic mass is 19.1. The van der Waals surface area contributed by atoms with Gasteiger partial charge in [0.2, 0.25) is 0 Å². The van der Waals surface area contributed by atoms with Crippen LogP contribution in [0.5, 0.6) is 0 Å². The number of pyridine rings is 1. The second kappa shape index (κ2) is 9.76. The highest BCUT2D eigenvalue weighted by Crippen LogP contribution is 2.25. The van der Waals surface area contributed by atoms with Gasteiger partial charge in [-0.3, -0.25) is 0 Å². The maximum atomic E-state index is 13.9. The molecule has 1 fully saturated rings. The minimum Gasteiger partial charge on any atom is -0.395 e. The lowest BCUT2D eigenvalue weighted by molar-refractivity contribution is 0.209. The summed E-state index contributed by atoms with van der Waals surface area (Å²) in [6.07, 6.45) is 7.45. The SMILES string of the molecule is CC(C)[C@H](CO)NCc1nc(C#CCC2CCCCC2)ccc1F. The van der Waals surface area contributed by atoms with Crippen molar-refractivity contribution in [2.24, 2.45) is 11.8 Å². The standard InChI is InChI=1S/C20H29FN2O/c1-15(2)20(14-24)22-13-19-18(21)12-11-17(23-19)10-6-9-16-7-4-3-5-8-16/h11-12,15-16,20,22,24H,3-5,7-9,13-14H2,1-2H3/t20-/m0/s1. The van der Waals surface area contributed by atoms with Crippen molar-refractivity contribution in [3.63, 3.8) is 0 Å². The molecule has 1 aromatic rings. The molecule has 0 amide bonds. The van der Waals surface area contributed by atoms with Gasteiger partial charge in [0.25, 0.3) is 0 Å². The van der Waals surface area contributed by atoms with E-state index in [0.717, 1.165) is 6.42 Å². The van der Waals surface area contributed by atoms with Gasteiger partial charge >= 0.3 is 0 Å². The van der Waals surface area contributed by atoms with E-state index in [4.69, 9.17) is 0 Å².